The smallest absolute Gasteiger partial charge is 0.326 e. The van der Waals surface area contributed by atoms with Gasteiger partial charge < -0.3 is 15.3 Å². The maximum absolute atomic E-state index is 12.0. The number of nitrogens with zero attached hydrogens (tertiary/aromatic N) is 1. The van der Waals surface area contributed by atoms with Gasteiger partial charge >= 0.3 is 12.0 Å². The number of carbonyl (C=O) groups excluding carboxylic acids is 1. The number of nitrogens with one attached hydrogen (secondary N) is 1. The first-order chi connectivity index (χ1) is 9.25. The average Bonchev–Trinajstić information content (AvgIpc) is 2.37. The molecule has 0 aromatic carbocycles. The van der Waals surface area contributed by atoms with E-state index in [0.29, 0.717) is 13.1 Å². The molecule has 0 saturated heterocycles. The molecule has 0 aliphatic carbocycles. The Hall–Kier alpha value is -1.78. The monoisotopic (exact) mass is 280 g/mol. The lowest BCUT2D eigenvalue weighted by Crippen LogP contribution is -2.49. The summed E-state index contributed by atoms with van der Waals surface area (Å²) in [6.45, 7) is 11.1. The third-order valence-corrected chi connectivity index (χ3v) is 3.46. The number of rotatable bonds is 4. The van der Waals surface area contributed by atoms with E-state index in [1.165, 1.54) is 11.6 Å². The van der Waals surface area contributed by atoms with Crippen molar-refractivity contribution < 1.29 is 14.7 Å². The number of carboxylic acids is 1. The first-order valence-corrected chi connectivity index (χ1v) is 6.84. The molecular weight excluding hydrogens is 256 g/mol. The van der Waals surface area contributed by atoms with Crippen LogP contribution in [0.25, 0.3) is 0 Å². The molecule has 0 fully saturated rings. The lowest BCUT2D eigenvalue weighted by Gasteiger charge is -2.32. The average molecular weight is 280 g/mol. The summed E-state index contributed by atoms with van der Waals surface area (Å²) < 4.78 is 0. The van der Waals surface area contributed by atoms with Crippen molar-refractivity contribution in [2.24, 2.45) is 5.41 Å². The lowest BCUT2D eigenvalue weighted by atomic mass is 9.83. The largest absolute Gasteiger partial charge is 0.480 e. The van der Waals surface area contributed by atoms with E-state index in [4.69, 9.17) is 5.11 Å². The summed E-state index contributed by atoms with van der Waals surface area (Å²) in [5, 5.41) is 11.5. The molecule has 1 heterocycles. The van der Waals surface area contributed by atoms with Crippen LogP contribution in [0.15, 0.2) is 24.3 Å². The molecule has 0 bridgehead atoms. The fraction of sp³-hybridized carbons (Fsp3) is 0.600. The Bertz CT molecular complexity index is 421. The van der Waals surface area contributed by atoms with Gasteiger partial charge in [0.1, 0.15) is 6.04 Å². The van der Waals surface area contributed by atoms with E-state index < -0.39 is 12.0 Å². The molecule has 112 valence electrons. The Balaban J connectivity index is 2.60. The second-order valence-corrected chi connectivity index (χ2v) is 6.04. The summed E-state index contributed by atoms with van der Waals surface area (Å²) in [6, 6.07) is -1.24. The second-order valence-electron chi connectivity index (χ2n) is 6.04. The van der Waals surface area contributed by atoms with Crippen molar-refractivity contribution in [1.29, 1.82) is 0 Å². The van der Waals surface area contributed by atoms with Crippen LogP contribution in [0.5, 0.6) is 0 Å². The number of aliphatic carboxylic acids is 1. The molecule has 1 atom stereocenters. The Morgan fingerprint density at radius 3 is 2.60 bits per heavy atom. The minimum atomic E-state index is -1.04. The zero-order valence-corrected chi connectivity index (χ0v) is 12.5. The number of urea groups is 1. The van der Waals surface area contributed by atoms with Gasteiger partial charge in [0, 0.05) is 13.1 Å². The van der Waals surface area contributed by atoms with Gasteiger partial charge in [-0.15, -0.1) is 6.58 Å². The van der Waals surface area contributed by atoms with Gasteiger partial charge in [-0.3, -0.25) is 0 Å². The van der Waals surface area contributed by atoms with Crippen LogP contribution in [-0.2, 0) is 4.79 Å². The van der Waals surface area contributed by atoms with Crippen LogP contribution < -0.4 is 5.32 Å². The van der Waals surface area contributed by atoms with E-state index in [2.05, 4.69) is 38.7 Å². The van der Waals surface area contributed by atoms with Crippen molar-refractivity contribution in [2.75, 3.05) is 13.1 Å². The molecule has 1 aliphatic heterocycles. The van der Waals surface area contributed by atoms with Gasteiger partial charge in [-0.2, -0.15) is 0 Å². The SMILES string of the molecule is C=CCC(NC(=O)N1CC=C(C(C)(C)C)CC1)C(=O)O. The van der Waals surface area contributed by atoms with Crippen LogP contribution in [0.1, 0.15) is 33.6 Å². The zero-order valence-electron chi connectivity index (χ0n) is 12.5. The maximum atomic E-state index is 12.0. The van der Waals surface area contributed by atoms with E-state index in [0.717, 1.165) is 6.42 Å². The highest BCUT2D eigenvalue weighted by Crippen LogP contribution is 2.29. The minimum absolute atomic E-state index is 0.120. The third-order valence-electron chi connectivity index (χ3n) is 3.46. The van der Waals surface area contributed by atoms with Crippen LogP contribution in [0.3, 0.4) is 0 Å². The highest BCUT2D eigenvalue weighted by molar-refractivity contribution is 5.82. The molecule has 0 radical (unpaired) electrons. The van der Waals surface area contributed by atoms with Gasteiger partial charge in [0.05, 0.1) is 0 Å². The van der Waals surface area contributed by atoms with E-state index >= 15 is 0 Å². The fourth-order valence-electron chi connectivity index (χ4n) is 2.16. The molecule has 1 aliphatic rings. The number of amides is 2. The van der Waals surface area contributed by atoms with Gasteiger partial charge in [-0.1, -0.05) is 38.5 Å². The van der Waals surface area contributed by atoms with Crippen molar-refractivity contribution in [1.82, 2.24) is 10.2 Å². The van der Waals surface area contributed by atoms with Crippen LogP contribution >= 0.6 is 0 Å². The van der Waals surface area contributed by atoms with E-state index in [1.807, 2.05) is 0 Å². The molecule has 1 unspecified atom stereocenters. The summed E-state index contributed by atoms with van der Waals surface area (Å²) in [6.07, 6.45) is 4.60. The molecule has 0 aromatic rings. The van der Waals surface area contributed by atoms with Crippen molar-refractivity contribution in [3.63, 3.8) is 0 Å². The van der Waals surface area contributed by atoms with Crippen LogP contribution in [-0.4, -0.2) is 41.1 Å². The molecular formula is C15H24N2O3. The highest BCUT2D eigenvalue weighted by Gasteiger charge is 2.26. The van der Waals surface area contributed by atoms with Crippen LogP contribution in [0, 0.1) is 5.41 Å². The maximum Gasteiger partial charge on any atom is 0.326 e. The zero-order chi connectivity index (χ0) is 15.3. The molecule has 2 amide bonds. The van der Waals surface area contributed by atoms with Crippen LogP contribution in [0.4, 0.5) is 4.79 Å². The minimum Gasteiger partial charge on any atom is -0.480 e. The summed E-state index contributed by atoms with van der Waals surface area (Å²) in [7, 11) is 0. The predicted octanol–water partition coefficient (Wildman–Crippen LogP) is 2.40. The quantitative estimate of drug-likeness (QED) is 0.777. The summed E-state index contributed by atoms with van der Waals surface area (Å²) in [4.78, 5) is 24.7. The first kappa shape index (κ1) is 16.3. The highest BCUT2D eigenvalue weighted by atomic mass is 16.4. The molecule has 5 nitrogen and oxygen atoms in total. The number of carbonyl (C=O) groups is 2. The van der Waals surface area contributed by atoms with Crippen LogP contribution in [0.2, 0.25) is 0 Å². The van der Waals surface area contributed by atoms with Crippen molar-refractivity contribution >= 4 is 12.0 Å². The molecule has 5 heteroatoms. The second kappa shape index (κ2) is 6.59. The third kappa shape index (κ3) is 4.40. The summed E-state index contributed by atoms with van der Waals surface area (Å²) in [5.74, 6) is -1.04. The van der Waals surface area contributed by atoms with Gasteiger partial charge in [-0.25, -0.2) is 9.59 Å². The molecule has 0 saturated carbocycles. The lowest BCUT2D eigenvalue weighted by molar-refractivity contribution is -0.139. The molecule has 1 rings (SSSR count). The summed E-state index contributed by atoms with van der Waals surface area (Å²) >= 11 is 0. The van der Waals surface area contributed by atoms with E-state index in [9.17, 15) is 9.59 Å². The number of hydrogen-bond donors (Lipinski definition) is 2. The Morgan fingerprint density at radius 2 is 2.20 bits per heavy atom. The Kier molecular flexibility index (Phi) is 5.36. The normalized spacial score (nSPS) is 17.1. The van der Waals surface area contributed by atoms with E-state index in [1.54, 1.807) is 4.90 Å². The van der Waals surface area contributed by atoms with Crippen molar-refractivity contribution in [2.45, 2.75) is 39.7 Å². The fourth-order valence-corrected chi connectivity index (χ4v) is 2.16. The number of carboxylic acid groups (broad SMARTS) is 1. The predicted molar refractivity (Wildman–Crippen MR) is 78.5 cm³/mol. The van der Waals surface area contributed by atoms with Gasteiger partial charge in [0.2, 0.25) is 0 Å². The number of hydrogen-bond acceptors (Lipinski definition) is 2. The van der Waals surface area contributed by atoms with Gasteiger partial charge in [0.25, 0.3) is 0 Å². The van der Waals surface area contributed by atoms with Crippen molar-refractivity contribution in [3.05, 3.63) is 24.3 Å². The topological polar surface area (TPSA) is 69.6 Å². The van der Waals surface area contributed by atoms with Crippen molar-refractivity contribution in [3.8, 4) is 0 Å². The Morgan fingerprint density at radius 1 is 1.55 bits per heavy atom. The molecule has 0 aromatic heterocycles. The van der Waals surface area contributed by atoms with Gasteiger partial charge in [-0.05, 0) is 18.3 Å². The summed E-state index contributed by atoms with van der Waals surface area (Å²) in [5.41, 5.74) is 1.46. The first-order valence-electron chi connectivity index (χ1n) is 6.84. The standard InChI is InChI=1S/C15H24N2O3/c1-5-6-12(13(18)19)16-14(20)17-9-7-11(8-10-17)15(2,3)4/h5,7,12H,1,6,8-10H2,2-4H3,(H,16,20)(H,18,19). The molecule has 20 heavy (non-hydrogen) atoms. The molecule has 2 N–H and O–H groups in total. The van der Waals surface area contributed by atoms with Gasteiger partial charge in [0.15, 0.2) is 0 Å². The Labute approximate surface area is 120 Å². The molecule has 0 spiro atoms. The van der Waals surface area contributed by atoms with E-state index in [-0.39, 0.29) is 17.9 Å².